The van der Waals surface area contributed by atoms with E-state index in [2.05, 4.69) is 0 Å². The minimum atomic E-state index is -4.19. The summed E-state index contributed by atoms with van der Waals surface area (Å²) in [5, 5.41) is 5.12. The summed E-state index contributed by atoms with van der Waals surface area (Å²) in [7, 11) is -6.69. The SMILES string of the molecule is COc1ccc(S(=O)(=O)N(CCc2ccccc2)C2CC(=O)N(c3ccc(S(N)(=O)=O)cc3)C2=O)cc1. The Morgan fingerprint density at radius 3 is 2.05 bits per heavy atom. The molecule has 0 bridgehead atoms. The summed E-state index contributed by atoms with van der Waals surface area (Å²) < 4.78 is 56.7. The number of hydrogen-bond acceptors (Lipinski definition) is 7. The number of rotatable bonds is 9. The normalized spacial score (nSPS) is 16.4. The van der Waals surface area contributed by atoms with Crippen molar-refractivity contribution in [1.29, 1.82) is 0 Å². The molecule has 10 nitrogen and oxygen atoms in total. The first kappa shape index (κ1) is 26.5. The smallest absolute Gasteiger partial charge is 0.252 e. The van der Waals surface area contributed by atoms with E-state index in [0.717, 1.165) is 14.8 Å². The predicted molar refractivity (Wildman–Crippen MR) is 136 cm³/mol. The standard InChI is InChI=1S/C25H25N3O7S2/c1-35-20-9-13-22(14-10-20)37(33,34)27(16-15-18-5-3-2-4-6-18)23-17-24(29)28(25(23)30)19-7-11-21(12-8-19)36(26,31)32/h2-14,23H,15-17H2,1H3,(H2,26,31,32). The van der Waals surface area contributed by atoms with Gasteiger partial charge >= 0.3 is 0 Å². The van der Waals surface area contributed by atoms with Gasteiger partial charge in [-0.05, 0) is 60.5 Å². The Morgan fingerprint density at radius 1 is 0.892 bits per heavy atom. The van der Waals surface area contributed by atoms with Gasteiger partial charge in [-0.3, -0.25) is 9.59 Å². The number of imide groups is 1. The third-order valence-electron chi connectivity index (χ3n) is 6.02. The number of carbonyl (C=O) groups excluding carboxylic acids is 2. The molecule has 1 atom stereocenters. The van der Waals surface area contributed by atoms with Crippen molar-refractivity contribution in [2.45, 2.75) is 28.7 Å². The largest absolute Gasteiger partial charge is 0.497 e. The number of amides is 2. The minimum absolute atomic E-state index is 0.0414. The van der Waals surface area contributed by atoms with Crippen molar-refractivity contribution < 1.29 is 31.2 Å². The van der Waals surface area contributed by atoms with Gasteiger partial charge in [0.2, 0.25) is 26.0 Å². The van der Waals surface area contributed by atoms with Crippen molar-refractivity contribution in [1.82, 2.24) is 4.31 Å². The summed E-state index contributed by atoms with van der Waals surface area (Å²) in [5.41, 5.74) is 0.986. The summed E-state index contributed by atoms with van der Waals surface area (Å²) in [6.45, 7) is -0.0414. The lowest BCUT2D eigenvalue weighted by Gasteiger charge is -2.27. The molecule has 0 spiro atoms. The summed E-state index contributed by atoms with van der Waals surface area (Å²) in [6, 6.07) is 18.6. The Kier molecular flexibility index (Phi) is 7.46. The number of methoxy groups -OCH3 is 1. The number of primary sulfonamides is 1. The molecule has 0 aromatic heterocycles. The van der Waals surface area contributed by atoms with Crippen molar-refractivity contribution in [2.75, 3.05) is 18.6 Å². The van der Waals surface area contributed by atoms with Crippen LogP contribution < -0.4 is 14.8 Å². The zero-order valence-electron chi connectivity index (χ0n) is 19.9. The molecule has 2 amide bonds. The van der Waals surface area contributed by atoms with Crippen LogP contribution in [0.3, 0.4) is 0 Å². The van der Waals surface area contributed by atoms with Crippen LogP contribution in [0.2, 0.25) is 0 Å². The van der Waals surface area contributed by atoms with Gasteiger partial charge in [0.25, 0.3) is 5.91 Å². The second-order valence-electron chi connectivity index (χ2n) is 8.35. The Balaban J connectivity index is 1.68. The van der Waals surface area contributed by atoms with Gasteiger partial charge in [0.05, 0.1) is 29.0 Å². The zero-order chi connectivity index (χ0) is 26.8. The fourth-order valence-corrected chi connectivity index (χ4v) is 6.21. The average molecular weight is 544 g/mol. The minimum Gasteiger partial charge on any atom is -0.497 e. The van der Waals surface area contributed by atoms with Crippen LogP contribution in [0.5, 0.6) is 5.75 Å². The Hall–Kier alpha value is -3.58. The van der Waals surface area contributed by atoms with E-state index < -0.39 is 37.9 Å². The van der Waals surface area contributed by atoms with E-state index in [1.165, 1.54) is 55.6 Å². The molecule has 1 fully saturated rings. The predicted octanol–water partition coefficient (Wildman–Crippen LogP) is 1.91. The number of benzene rings is 3. The van der Waals surface area contributed by atoms with Gasteiger partial charge in [-0.1, -0.05) is 30.3 Å². The van der Waals surface area contributed by atoms with Gasteiger partial charge in [0, 0.05) is 6.54 Å². The quantitative estimate of drug-likeness (QED) is 0.406. The Bertz CT molecular complexity index is 1510. The van der Waals surface area contributed by atoms with Crippen LogP contribution in [-0.2, 0) is 36.1 Å². The van der Waals surface area contributed by atoms with Crippen LogP contribution in [-0.4, -0.2) is 52.7 Å². The summed E-state index contributed by atoms with van der Waals surface area (Å²) in [4.78, 5) is 27.0. The first-order chi connectivity index (χ1) is 17.5. The second-order valence-corrected chi connectivity index (χ2v) is 11.8. The lowest BCUT2D eigenvalue weighted by atomic mass is 10.1. The Morgan fingerprint density at radius 2 is 1.49 bits per heavy atom. The molecule has 1 saturated heterocycles. The fourth-order valence-electron chi connectivity index (χ4n) is 4.11. The highest BCUT2D eigenvalue weighted by Crippen LogP contribution is 2.30. The van der Waals surface area contributed by atoms with E-state index in [1.807, 2.05) is 30.3 Å². The molecule has 0 saturated carbocycles. The second kappa shape index (κ2) is 10.4. The molecule has 3 aromatic rings. The van der Waals surface area contributed by atoms with E-state index in [0.29, 0.717) is 12.2 Å². The maximum atomic E-state index is 13.7. The molecule has 1 heterocycles. The molecule has 37 heavy (non-hydrogen) atoms. The summed E-state index contributed by atoms with van der Waals surface area (Å²) in [5.74, 6) is -0.859. The van der Waals surface area contributed by atoms with Crippen LogP contribution in [0, 0.1) is 0 Å². The van der Waals surface area contributed by atoms with Crippen molar-refractivity contribution in [3.05, 3.63) is 84.4 Å². The highest BCUT2D eigenvalue weighted by Gasteiger charge is 2.46. The number of ether oxygens (including phenoxy) is 1. The Labute approximate surface area is 215 Å². The third kappa shape index (κ3) is 5.57. The molecule has 1 aliphatic rings. The first-order valence-corrected chi connectivity index (χ1v) is 14.2. The number of anilines is 1. The molecule has 12 heteroatoms. The molecular formula is C25H25N3O7S2. The van der Waals surface area contributed by atoms with Gasteiger partial charge in [-0.15, -0.1) is 0 Å². The van der Waals surface area contributed by atoms with Crippen LogP contribution in [0.15, 0.2) is 88.7 Å². The van der Waals surface area contributed by atoms with Crippen molar-refractivity contribution >= 4 is 37.5 Å². The van der Waals surface area contributed by atoms with Gasteiger partial charge in [0.15, 0.2) is 0 Å². The van der Waals surface area contributed by atoms with E-state index in [-0.39, 0.29) is 28.4 Å². The van der Waals surface area contributed by atoms with Gasteiger partial charge in [-0.25, -0.2) is 26.9 Å². The van der Waals surface area contributed by atoms with Crippen molar-refractivity contribution in [3.8, 4) is 5.75 Å². The van der Waals surface area contributed by atoms with Gasteiger partial charge in [0.1, 0.15) is 11.8 Å². The summed E-state index contributed by atoms with van der Waals surface area (Å²) >= 11 is 0. The van der Waals surface area contributed by atoms with Crippen molar-refractivity contribution in [2.24, 2.45) is 5.14 Å². The molecule has 3 aromatic carbocycles. The number of nitrogens with two attached hydrogens (primary N) is 1. The van der Waals surface area contributed by atoms with Crippen LogP contribution in [0.1, 0.15) is 12.0 Å². The number of sulfonamides is 2. The lowest BCUT2D eigenvalue weighted by Crippen LogP contribution is -2.46. The highest BCUT2D eigenvalue weighted by atomic mass is 32.2. The lowest BCUT2D eigenvalue weighted by molar-refractivity contribution is -0.122. The fraction of sp³-hybridized carbons (Fsp3) is 0.200. The highest BCUT2D eigenvalue weighted by molar-refractivity contribution is 7.89. The van der Waals surface area contributed by atoms with Gasteiger partial charge in [-0.2, -0.15) is 4.31 Å². The van der Waals surface area contributed by atoms with Crippen LogP contribution >= 0.6 is 0 Å². The molecule has 2 N–H and O–H groups in total. The average Bonchev–Trinajstić information content (AvgIpc) is 3.17. The van der Waals surface area contributed by atoms with Crippen LogP contribution in [0.4, 0.5) is 5.69 Å². The number of nitrogens with zero attached hydrogens (tertiary/aromatic N) is 2. The maximum Gasteiger partial charge on any atom is 0.252 e. The third-order valence-corrected chi connectivity index (χ3v) is 8.88. The molecular weight excluding hydrogens is 518 g/mol. The zero-order valence-corrected chi connectivity index (χ0v) is 21.5. The summed E-state index contributed by atoms with van der Waals surface area (Å²) in [6.07, 6.45) is -0.0444. The van der Waals surface area contributed by atoms with E-state index in [4.69, 9.17) is 9.88 Å². The van der Waals surface area contributed by atoms with Gasteiger partial charge < -0.3 is 4.74 Å². The molecule has 194 valence electrons. The molecule has 1 unspecified atom stereocenters. The first-order valence-electron chi connectivity index (χ1n) is 11.2. The maximum absolute atomic E-state index is 13.7. The van der Waals surface area contributed by atoms with E-state index in [9.17, 15) is 26.4 Å². The molecule has 4 rings (SSSR count). The number of carbonyl (C=O) groups is 2. The topological polar surface area (TPSA) is 144 Å². The van der Waals surface area contributed by atoms with E-state index >= 15 is 0 Å². The monoisotopic (exact) mass is 543 g/mol. The van der Waals surface area contributed by atoms with E-state index in [1.54, 1.807) is 0 Å². The van der Waals surface area contributed by atoms with Crippen LogP contribution in [0.25, 0.3) is 0 Å². The number of hydrogen-bond donors (Lipinski definition) is 1. The molecule has 0 aliphatic carbocycles. The molecule has 0 radical (unpaired) electrons. The van der Waals surface area contributed by atoms with Crippen molar-refractivity contribution in [3.63, 3.8) is 0 Å². The molecule has 1 aliphatic heterocycles.